The fourth-order valence-electron chi connectivity index (χ4n) is 2.15. The van der Waals surface area contributed by atoms with E-state index in [0.29, 0.717) is 6.42 Å². The van der Waals surface area contributed by atoms with Gasteiger partial charge in [0, 0.05) is 12.8 Å². The third kappa shape index (κ3) is 3.84. The van der Waals surface area contributed by atoms with Gasteiger partial charge in [-0.15, -0.1) is 0 Å². The van der Waals surface area contributed by atoms with Crippen LogP contribution in [0.3, 0.4) is 0 Å². The van der Waals surface area contributed by atoms with Crippen molar-refractivity contribution in [3.63, 3.8) is 0 Å². The van der Waals surface area contributed by atoms with Gasteiger partial charge in [0.2, 0.25) is 0 Å². The second-order valence-electron chi connectivity index (χ2n) is 4.61. The largest absolute Gasteiger partial charge is 0.365 e. The Labute approximate surface area is 102 Å². The molecule has 0 saturated heterocycles. The number of rotatable bonds is 4. The third-order valence-electron chi connectivity index (χ3n) is 2.94. The molecular formula is C15H18O2. The van der Waals surface area contributed by atoms with Crippen molar-refractivity contribution < 1.29 is 10.2 Å². The molecule has 0 radical (unpaired) electrons. The van der Waals surface area contributed by atoms with Crippen LogP contribution >= 0.6 is 0 Å². The smallest absolute Gasteiger partial charge is 0.170 e. The summed E-state index contributed by atoms with van der Waals surface area (Å²) in [7, 11) is 0. The molecule has 0 amide bonds. The molecule has 2 rings (SSSR count). The minimum atomic E-state index is -1.64. The van der Waals surface area contributed by atoms with Crippen LogP contribution in [-0.2, 0) is 6.42 Å². The highest BCUT2D eigenvalue weighted by Crippen LogP contribution is 2.24. The van der Waals surface area contributed by atoms with Gasteiger partial charge in [-0.1, -0.05) is 54.1 Å². The van der Waals surface area contributed by atoms with Crippen LogP contribution in [0.5, 0.6) is 0 Å². The Bertz CT molecular complexity index is 416. The molecule has 0 aliphatic heterocycles. The molecule has 0 aromatic heterocycles. The Morgan fingerprint density at radius 3 is 2.47 bits per heavy atom. The molecule has 0 atom stereocenters. The fraction of sp³-hybridized carbons (Fsp3) is 0.333. The maximum atomic E-state index is 10.0. The van der Waals surface area contributed by atoms with Crippen LogP contribution in [0.4, 0.5) is 0 Å². The molecule has 0 saturated carbocycles. The van der Waals surface area contributed by atoms with Gasteiger partial charge in [-0.25, -0.2) is 0 Å². The van der Waals surface area contributed by atoms with E-state index in [1.54, 1.807) is 0 Å². The van der Waals surface area contributed by atoms with Gasteiger partial charge in [-0.2, -0.15) is 0 Å². The summed E-state index contributed by atoms with van der Waals surface area (Å²) < 4.78 is 0. The third-order valence-corrected chi connectivity index (χ3v) is 2.94. The van der Waals surface area contributed by atoms with Crippen molar-refractivity contribution >= 4 is 0 Å². The van der Waals surface area contributed by atoms with Crippen molar-refractivity contribution in [2.45, 2.75) is 31.5 Å². The molecule has 2 nitrogen and oxygen atoms in total. The first-order chi connectivity index (χ1) is 8.16. The first-order valence-electron chi connectivity index (χ1n) is 5.99. The molecule has 0 heterocycles. The molecule has 0 unspecified atom stereocenters. The summed E-state index contributed by atoms with van der Waals surface area (Å²) in [5.41, 5.74) is 2.05. The van der Waals surface area contributed by atoms with Gasteiger partial charge >= 0.3 is 0 Å². The Kier molecular flexibility index (Phi) is 3.77. The molecule has 1 aromatic rings. The number of hydrogen-bond acceptors (Lipinski definition) is 2. The average Bonchev–Trinajstić information content (AvgIpc) is 2.30. The monoisotopic (exact) mass is 230 g/mol. The Balaban J connectivity index is 1.99. The van der Waals surface area contributed by atoms with E-state index in [9.17, 15) is 10.2 Å². The van der Waals surface area contributed by atoms with E-state index in [2.05, 4.69) is 6.08 Å². The maximum Gasteiger partial charge on any atom is 0.170 e. The molecule has 0 bridgehead atoms. The zero-order valence-electron chi connectivity index (χ0n) is 9.84. The van der Waals surface area contributed by atoms with Crippen LogP contribution in [0, 0.1) is 0 Å². The highest BCUT2D eigenvalue weighted by atomic mass is 16.5. The van der Waals surface area contributed by atoms with Crippen molar-refractivity contribution in [2.24, 2.45) is 0 Å². The summed E-state index contributed by atoms with van der Waals surface area (Å²) in [5, 5.41) is 20.0. The van der Waals surface area contributed by atoms with Gasteiger partial charge in [0.1, 0.15) is 0 Å². The predicted molar refractivity (Wildman–Crippen MR) is 68.4 cm³/mol. The normalized spacial score (nSPS) is 15.8. The zero-order chi connectivity index (χ0) is 12.1. The van der Waals surface area contributed by atoms with Crippen LogP contribution in [-0.4, -0.2) is 16.0 Å². The Hall–Kier alpha value is -1.38. The highest BCUT2D eigenvalue weighted by molar-refractivity contribution is 5.21. The van der Waals surface area contributed by atoms with Gasteiger partial charge in [0.25, 0.3) is 0 Å². The van der Waals surface area contributed by atoms with E-state index >= 15 is 0 Å². The standard InChI is InChI=1S/C15H18O2/c16-15(17,11-13-7-3-1-4-8-13)12-14-9-5-2-6-10-14/h1-5,7-9,16-17H,6,10-12H2. The van der Waals surface area contributed by atoms with Gasteiger partial charge in [0.15, 0.2) is 5.79 Å². The molecule has 1 aromatic carbocycles. The molecule has 0 spiro atoms. The second kappa shape index (κ2) is 5.30. The van der Waals surface area contributed by atoms with Gasteiger partial charge in [-0.05, 0) is 18.4 Å². The SMILES string of the molecule is OC(O)(CC1=CC=CCC1)Cc1ccccc1. The van der Waals surface area contributed by atoms with E-state index in [0.717, 1.165) is 24.0 Å². The number of aliphatic hydroxyl groups is 2. The van der Waals surface area contributed by atoms with Crippen molar-refractivity contribution in [1.29, 1.82) is 0 Å². The number of allylic oxidation sites excluding steroid dienone is 3. The van der Waals surface area contributed by atoms with Crippen LogP contribution in [0.2, 0.25) is 0 Å². The van der Waals surface area contributed by atoms with Crippen LogP contribution in [0.25, 0.3) is 0 Å². The van der Waals surface area contributed by atoms with Crippen LogP contribution in [0.1, 0.15) is 24.8 Å². The maximum absolute atomic E-state index is 10.0. The van der Waals surface area contributed by atoms with Gasteiger partial charge in [-0.3, -0.25) is 0 Å². The second-order valence-corrected chi connectivity index (χ2v) is 4.61. The van der Waals surface area contributed by atoms with Gasteiger partial charge in [0.05, 0.1) is 0 Å². The lowest BCUT2D eigenvalue weighted by atomic mass is 9.93. The highest BCUT2D eigenvalue weighted by Gasteiger charge is 2.24. The summed E-state index contributed by atoms with van der Waals surface area (Å²) in [5.74, 6) is -1.64. The molecule has 2 heteroatoms. The molecule has 90 valence electrons. The summed E-state index contributed by atoms with van der Waals surface area (Å²) in [6.07, 6.45) is 8.58. The van der Waals surface area contributed by atoms with Crippen molar-refractivity contribution in [1.82, 2.24) is 0 Å². The molecular weight excluding hydrogens is 212 g/mol. The minimum Gasteiger partial charge on any atom is -0.365 e. The lowest BCUT2D eigenvalue weighted by Gasteiger charge is -2.24. The van der Waals surface area contributed by atoms with E-state index in [-0.39, 0.29) is 6.42 Å². The number of benzene rings is 1. The lowest BCUT2D eigenvalue weighted by molar-refractivity contribution is -0.157. The first kappa shape index (κ1) is 12.1. The Morgan fingerprint density at radius 1 is 1.06 bits per heavy atom. The predicted octanol–water partition coefficient (Wildman–Crippen LogP) is 2.58. The van der Waals surface area contributed by atoms with E-state index in [4.69, 9.17) is 0 Å². The summed E-state index contributed by atoms with van der Waals surface area (Å²) in [6.45, 7) is 0. The average molecular weight is 230 g/mol. The summed E-state index contributed by atoms with van der Waals surface area (Å²) in [4.78, 5) is 0. The lowest BCUT2D eigenvalue weighted by Crippen LogP contribution is -2.31. The quantitative estimate of drug-likeness (QED) is 0.780. The van der Waals surface area contributed by atoms with Crippen LogP contribution < -0.4 is 0 Å². The molecule has 2 N–H and O–H groups in total. The Morgan fingerprint density at radius 2 is 1.82 bits per heavy atom. The van der Waals surface area contributed by atoms with E-state index in [1.807, 2.05) is 42.5 Å². The number of hydrogen-bond donors (Lipinski definition) is 2. The molecule has 1 aliphatic carbocycles. The molecule has 17 heavy (non-hydrogen) atoms. The van der Waals surface area contributed by atoms with Crippen molar-refractivity contribution in [2.75, 3.05) is 0 Å². The summed E-state index contributed by atoms with van der Waals surface area (Å²) in [6, 6.07) is 9.57. The zero-order valence-corrected chi connectivity index (χ0v) is 9.84. The van der Waals surface area contributed by atoms with Crippen molar-refractivity contribution in [3.05, 3.63) is 59.7 Å². The first-order valence-corrected chi connectivity index (χ1v) is 5.99. The topological polar surface area (TPSA) is 40.5 Å². The van der Waals surface area contributed by atoms with E-state index in [1.165, 1.54) is 0 Å². The van der Waals surface area contributed by atoms with E-state index < -0.39 is 5.79 Å². The van der Waals surface area contributed by atoms with Gasteiger partial charge < -0.3 is 10.2 Å². The minimum absolute atomic E-state index is 0.273. The van der Waals surface area contributed by atoms with Crippen molar-refractivity contribution in [3.8, 4) is 0 Å². The fourth-order valence-corrected chi connectivity index (χ4v) is 2.15. The molecule has 0 fully saturated rings. The molecule has 1 aliphatic rings. The van der Waals surface area contributed by atoms with Crippen LogP contribution in [0.15, 0.2) is 54.1 Å². The summed E-state index contributed by atoms with van der Waals surface area (Å²) >= 11 is 0.